The fourth-order valence-corrected chi connectivity index (χ4v) is 1.28. The normalized spacial score (nSPS) is 11.6. The Morgan fingerprint density at radius 3 is 3.00 bits per heavy atom. The SMILES string of the molecule is C#CC(CCC)Nc1nccc(OCC)n1. The maximum Gasteiger partial charge on any atom is 0.226 e. The highest BCUT2D eigenvalue weighted by atomic mass is 16.5. The Morgan fingerprint density at radius 2 is 2.38 bits per heavy atom. The van der Waals surface area contributed by atoms with E-state index in [0.717, 1.165) is 12.8 Å². The molecule has 0 amide bonds. The number of hydrogen-bond donors (Lipinski definition) is 1. The number of rotatable bonds is 6. The average molecular weight is 219 g/mol. The molecule has 1 unspecified atom stereocenters. The third-order valence-corrected chi connectivity index (χ3v) is 2.00. The van der Waals surface area contributed by atoms with Gasteiger partial charge < -0.3 is 10.1 Å². The summed E-state index contributed by atoms with van der Waals surface area (Å²) in [6.07, 6.45) is 8.98. The Kier molecular flexibility index (Phi) is 5.13. The van der Waals surface area contributed by atoms with Gasteiger partial charge in [0.05, 0.1) is 12.6 Å². The number of ether oxygens (including phenoxy) is 1. The number of nitrogens with zero attached hydrogens (tertiary/aromatic N) is 2. The minimum atomic E-state index is -0.0260. The first-order valence-electron chi connectivity index (χ1n) is 5.48. The van der Waals surface area contributed by atoms with Gasteiger partial charge in [0.25, 0.3) is 0 Å². The molecule has 1 heterocycles. The zero-order valence-electron chi connectivity index (χ0n) is 9.73. The van der Waals surface area contributed by atoms with E-state index in [-0.39, 0.29) is 6.04 Å². The summed E-state index contributed by atoms with van der Waals surface area (Å²) in [5.41, 5.74) is 0. The quantitative estimate of drug-likeness (QED) is 0.744. The van der Waals surface area contributed by atoms with E-state index in [1.165, 1.54) is 0 Å². The summed E-state index contributed by atoms with van der Waals surface area (Å²) in [7, 11) is 0. The molecule has 1 rings (SSSR count). The molecule has 86 valence electrons. The molecule has 0 saturated carbocycles. The molecule has 1 aromatic rings. The van der Waals surface area contributed by atoms with Crippen molar-refractivity contribution >= 4 is 5.95 Å². The van der Waals surface area contributed by atoms with Crippen molar-refractivity contribution < 1.29 is 4.74 Å². The summed E-state index contributed by atoms with van der Waals surface area (Å²) in [4.78, 5) is 8.29. The second kappa shape index (κ2) is 6.67. The first-order valence-corrected chi connectivity index (χ1v) is 5.48. The van der Waals surface area contributed by atoms with Crippen molar-refractivity contribution in [1.82, 2.24) is 9.97 Å². The van der Waals surface area contributed by atoms with Crippen molar-refractivity contribution in [1.29, 1.82) is 0 Å². The molecule has 0 aliphatic carbocycles. The summed E-state index contributed by atoms with van der Waals surface area (Å²) < 4.78 is 5.28. The molecule has 0 bridgehead atoms. The van der Waals surface area contributed by atoms with E-state index in [4.69, 9.17) is 11.2 Å². The first kappa shape index (κ1) is 12.3. The largest absolute Gasteiger partial charge is 0.478 e. The second-order valence-electron chi connectivity index (χ2n) is 3.30. The molecule has 16 heavy (non-hydrogen) atoms. The van der Waals surface area contributed by atoms with Crippen molar-refractivity contribution in [3.8, 4) is 18.2 Å². The van der Waals surface area contributed by atoms with Crippen LogP contribution in [0.4, 0.5) is 5.95 Å². The molecule has 0 aromatic carbocycles. The van der Waals surface area contributed by atoms with Gasteiger partial charge in [-0.15, -0.1) is 6.42 Å². The minimum Gasteiger partial charge on any atom is -0.478 e. The molecule has 0 aliphatic rings. The molecule has 1 atom stereocenters. The molecule has 1 aromatic heterocycles. The van der Waals surface area contributed by atoms with Gasteiger partial charge in [0, 0.05) is 12.3 Å². The molecule has 0 aliphatic heterocycles. The third kappa shape index (κ3) is 3.77. The Labute approximate surface area is 96.5 Å². The first-order chi connectivity index (χ1) is 7.80. The van der Waals surface area contributed by atoms with Crippen molar-refractivity contribution in [3.63, 3.8) is 0 Å². The van der Waals surface area contributed by atoms with Crippen LogP contribution in [0.25, 0.3) is 0 Å². The lowest BCUT2D eigenvalue weighted by Gasteiger charge is -2.12. The number of aromatic nitrogens is 2. The van der Waals surface area contributed by atoms with Gasteiger partial charge in [0.1, 0.15) is 0 Å². The maximum absolute atomic E-state index is 5.40. The fourth-order valence-electron chi connectivity index (χ4n) is 1.28. The maximum atomic E-state index is 5.40. The Bertz CT molecular complexity index is 360. The van der Waals surface area contributed by atoms with Crippen molar-refractivity contribution in [2.24, 2.45) is 0 Å². The van der Waals surface area contributed by atoms with E-state index in [1.807, 2.05) is 6.92 Å². The van der Waals surface area contributed by atoms with Crippen LogP contribution in [0.3, 0.4) is 0 Å². The summed E-state index contributed by atoms with van der Waals surface area (Å²) in [5.74, 6) is 3.75. The van der Waals surface area contributed by atoms with Gasteiger partial charge in [0.15, 0.2) is 0 Å². The van der Waals surface area contributed by atoms with Crippen LogP contribution >= 0.6 is 0 Å². The van der Waals surface area contributed by atoms with Gasteiger partial charge in [-0.05, 0) is 13.3 Å². The van der Waals surface area contributed by atoms with Crippen LogP contribution < -0.4 is 10.1 Å². The van der Waals surface area contributed by atoms with Gasteiger partial charge in [-0.2, -0.15) is 4.98 Å². The average Bonchev–Trinajstić information content (AvgIpc) is 2.29. The topological polar surface area (TPSA) is 47.0 Å². The lowest BCUT2D eigenvalue weighted by molar-refractivity contribution is 0.326. The van der Waals surface area contributed by atoms with Gasteiger partial charge >= 0.3 is 0 Å². The predicted molar refractivity (Wildman–Crippen MR) is 64.4 cm³/mol. The number of hydrogen-bond acceptors (Lipinski definition) is 4. The predicted octanol–water partition coefficient (Wildman–Crippen LogP) is 2.09. The van der Waals surface area contributed by atoms with Crippen LogP contribution in [0.5, 0.6) is 5.88 Å². The highest BCUT2D eigenvalue weighted by Crippen LogP contribution is 2.10. The van der Waals surface area contributed by atoms with Crippen molar-refractivity contribution in [2.75, 3.05) is 11.9 Å². The highest BCUT2D eigenvalue weighted by molar-refractivity contribution is 5.31. The van der Waals surface area contributed by atoms with Gasteiger partial charge in [-0.25, -0.2) is 4.98 Å². The zero-order chi connectivity index (χ0) is 11.8. The van der Waals surface area contributed by atoms with Crippen molar-refractivity contribution in [3.05, 3.63) is 12.3 Å². The molecule has 4 nitrogen and oxygen atoms in total. The highest BCUT2D eigenvalue weighted by Gasteiger charge is 2.06. The molecule has 1 N–H and O–H groups in total. The van der Waals surface area contributed by atoms with Crippen LogP contribution in [0.15, 0.2) is 12.3 Å². The number of anilines is 1. The second-order valence-corrected chi connectivity index (χ2v) is 3.30. The van der Waals surface area contributed by atoms with Crippen LogP contribution in [-0.4, -0.2) is 22.6 Å². The third-order valence-electron chi connectivity index (χ3n) is 2.00. The van der Waals surface area contributed by atoms with Gasteiger partial charge in [-0.1, -0.05) is 19.3 Å². The smallest absolute Gasteiger partial charge is 0.226 e. The van der Waals surface area contributed by atoms with E-state index in [0.29, 0.717) is 18.4 Å². The summed E-state index contributed by atoms with van der Waals surface area (Å²) in [5, 5.41) is 3.09. The standard InChI is InChI=1S/C12H17N3O/c1-4-7-10(5-2)14-12-13-9-8-11(15-12)16-6-3/h2,8-10H,4,6-7H2,1,3H3,(H,13,14,15). The molecule has 0 fully saturated rings. The van der Waals surface area contributed by atoms with Crippen LogP contribution in [0.1, 0.15) is 26.7 Å². The molecule has 4 heteroatoms. The Hall–Kier alpha value is -1.76. The van der Waals surface area contributed by atoms with Crippen LogP contribution in [-0.2, 0) is 0 Å². The fraction of sp³-hybridized carbons (Fsp3) is 0.500. The summed E-state index contributed by atoms with van der Waals surface area (Å²) in [6.45, 7) is 4.59. The van der Waals surface area contributed by atoms with Crippen LogP contribution in [0, 0.1) is 12.3 Å². The molecule has 0 spiro atoms. The summed E-state index contributed by atoms with van der Waals surface area (Å²) >= 11 is 0. The Balaban J connectivity index is 2.65. The lowest BCUT2D eigenvalue weighted by atomic mass is 10.2. The van der Waals surface area contributed by atoms with Gasteiger partial charge in [-0.3, -0.25) is 0 Å². The Morgan fingerprint density at radius 1 is 1.56 bits per heavy atom. The van der Waals surface area contributed by atoms with E-state index < -0.39 is 0 Å². The number of terminal acetylenes is 1. The molecular weight excluding hydrogens is 202 g/mol. The van der Waals surface area contributed by atoms with E-state index in [1.54, 1.807) is 12.3 Å². The minimum absolute atomic E-state index is 0.0260. The number of nitrogens with one attached hydrogen (secondary N) is 1. The monoisotopic (exact) mass is 219 g/mol. The van der Waals surface area contributed by atoms with Crippen LogP contribution in [0.2, 0.25) is 0 Å². The summed E-state index contributed by atoms with van der Waals surface area (Å²) in [6, 6.07) is 1.70. The zero-order valence-corrected chi connectivity index (χ0v) is 9.73. The van der Waals surface area contributed by atoms with Crippen molar-refractivity contribution in [2.45, 2.75) is 32.7 Å². The van der Waals surface area contributed by atoms with Gasteiger partial charge in [0.2, 0.25) is 11.8 Å². The van der Waals surface area contributed by atoms with E-state index >= 15 is 0 Å². The molecule has 0 saturated heterocycles. The molecule has 0 radical (unpaired) electrons. The van der Waals surface area contributed by atoms with E-state index in [2.05, 4.69) is 28.1 Å². The van der Waals surface area contributed by atoms with E-state index in [9.17, 15) is 0 Å². The molecular formula is C12H17N3O. The lowest BCUT2D eigenvalue weighted by Crippen LogP contribution is -2.18.